The number of fused-ring (bicyclic) bond motifs is 3. The third kappa shape index (κ3) is 4.78. The Balaban J connectivity index is 1.74. The van der Waals surface area contributed by atoms with Gasteiger partial charge in [-0.1, -0.05) is 73.1 Å². The third-order valence-corrected chi connectivity index (χ3v) is 6.46. The van der Waals surface area contributed by atoms with Crippen LogP contribution in [0.2, 0.25) is 0 Å². The van der Waals surface area contributed by atoms with E-state index in [0.29, 0.717) is 11.7 Å². The van der Waals surface area contributed by atoms with Crippen molar-refractivity contribution in [2.75, 3.05) is 0 Å². The quantitative estimate of drug-likeness (QED) is 0.380. The topological polar surface area (TPSA) is 72.7 Å². The molecular formula is C25H29N5OS. The van der Waals surface area contributed by atoms with Crippen LogP contribution in [-0.4, -0.2) is 36.9 Å². The van der Waals surface area contributed by atoms with E-state index in [2.05, 4.69) is 70.3 Å². The van der Waals surface area contributed by atoms with Gasteiger partial charge in [0.15, 0.2) is 5.65 Å². The van der Waals surface area contributed by atoms with Gasteiger partial charge in [-0.3, -0.25) is 4.79 Å². The van der Waals surface area contributed by atoms with E-state index in [4.69, 9.17) is 4.98 Å². The first-order valence-electron chi connectivity index (χ1n) is 11.1. The molecule has 0 spiro atoms. The van der Waals surface area contributed by atoms with Crippen molar-refractivity contribution in [1.82, 2.24) is 25.1 Å². The number of carbonyl (C=O) groups excluding carboxylic acids is 1. The maximum Gasteiger partial charge on any atom is 0.233 e. The minimum Gasteiger partial charge on any atom is -0.353 e. The first kappa shape index (κ1) is 22.3. The number of nitrogens with zero attached hydrogens (tertiary/aromatic N) is 4. The van der Waals surface area contributed by atoms with Gasteiger partial charge in [0.25, 0.3) is 0 Å². The molecule has 0 aliphatic carbocycles. The van der Waals surface area contributed by atoms with Gasteiger partial charge in [0.2, 0.25) is 11.1 Å². The Morgan fingerprint density at radius 3 is 2.56 bits per heavy atom. The summed E-state index contributed by atoms with van der Waals surface area (Å²) in [5.74, 6) is 0.0238. The van der Waals surface area contributed by atoms with Crippen LogP contribution in [0.25, 0.3) is 22.1 Å². The molecule has 32 heavy (non-hydrogen) atoms. The van der Waals surface area contributed by atoms with Crippen LogP contribution in [0.1, 0.15) is 44.7 Å². The maximum atomic E-state index is 12.7. The molecule has 2 heterocycles. The van der Waals surface area contributed by atoms with E-state index in [-0.39, 0.29) is 17.2 Å². The zero-order valence-electron chi connectivity index (χ0n) is 19.0. The first-order chi connectivity index (χ1) is 15.5. The van der Waals surface area contributed by atoms with Gasteiger partial charge in [0.1, 0.15) is 5.52 Å². The van der Waals surface area contributed by atoms with Gasteiger partial charge in [-0.25, -0.2) is 4.98 Å². The minimum absolute atomic E-state index is 0.0238. The Hall–Kier alpha value is -2.93. The molecule has 0 bridgehead atoms. The number of hydrogen-bond acceptors (Lipinski definition) is 5. The molecule has 0 fully saturated rings. The lowest BCUT2D eigenvalue weighted by molar-refractivity contribution is -0.121. The van der Waals surface area contributed by atoms with Gasteiger partial charge in [-0.15, -0.1) is 10.2 Å². The maximum absolute atomic E-state index is 12.7. The fraction of sp³-hybridized carbons (Fsp3) is 0.360. The van der Waals surface area contributed by atoms with Crippen LogP contribution in [0, 0.1) is 6.92 Å². The predicted octanol–water partition coefficient (Wildman–Crippen LogP) is 5.12. The molecule has 1 unspecified atom stereocenters. The predicted molar refractivity (Wildman–Crippen MR) is 131 cm³/mol. The van der Waals surface area contributed by atoms with E-state index >= 15 is 0 Å². The Morgan fingerprint density at radius 1 is 1.09 bits per heavy atom. The minimum atomic E-state index is -0.239. The van der Waals surface area contributed by atoms with Gasteiger partial charge in [0, 0.05) is 18.0 Å². The van der Waals surface area contributed by atoms with Crippen molar-refractivity contribution in [3.8, 4) is 0 Å². The summed E-state index contributed by atoms with van der Waals surface area (Å²) < 4.78 is 2.19. The summed E-state index contributed by atoms with van der Waals surface area (Å²) in [6.07, 6.45) is 1.67. The lowest BCUT2D eigenvalue weighted by atomic mass is 10.1. The highest BCUT2D eigenvalue weighted by atomic mass is 32.2. The van der Waals surface area contributed by atoms with E-state index in [0.717, 1.165) is 34.9 Å². The monoisotopic (exact) mass is 447 g/mol. The summed E-state index contributed by atoms with van der Waals surface area (Å²) >= 11 is 1.39. The van der Waals surface area contributed by atoms with Crippen LogP contribution in [0.5, 0.6) is 0 Å². The molecular weight excluding hydrogens is 418 g/mol. The second-order valence-electron chi connectivity index (χ2n) is 8.41. The highest BCUT2D eigenvalue weighted by molar-refractivity contribution is 8.00. The summed E-state index contributed by atoms with van der Waals surface area (Å²) in [6, 6.07) is 16.8. The van der Waals surface area contributed by atoms with E-state index in [1.54, 1.807) is 0 Å². The summed E-state index contributed by atoms with van der Waals surface area (Å²) in [5, 5.41) is 13.3. The van der Waals surface area contributed by atoms with Crippen LogP contribution < -0.4 is 5.32 Å². The highest BCUT2D eigenvalue weighted by Gasteiger charge is 2.22. The molecule has 0 aliphatic rings. The van der Waals surface area contributed by atoms with Gasteiger partial charge < -0.3 is 9.88 Å². The van der Waals surface area contributed by atoms with Crippen molar-refractivity contribution >= 4 is 39.7 Å². The molecule has 4 aromatic rings. The molecule has 7 heteroatoms. The summed E-state index contributed by atoms with van der Waals surface area (Å²) in [5.41, 5.74) is 5.10. The zero-order valence-corrected chi connectivity index (χ0v) is 19.8. The van der Waals surface area contributed by atoms with Crippen molar-refractivity contribution < 1.29 is 4.79 Å². The molecule has 1 amide bonds. The Bertz CT molecular complexity index is 1230. The molecule has 2 aromatic carbocycles. The number of thioether (sulfide) groups is 1. The fourth-order valence-electron chi connectivity index (χ4n) is 3.79. The average molecular weight is 448 g/mol. The summed E-state index contributed by atoms with van der Waals surface area (Å²) in [6.45, 7) is 8.81. The van der Waals surface area contributed by atoms with Crippen molar-refractivity contribution in [2.45, 2.75) is 63.5 Å². The van der Waals surface area contributed by atoms with Gasteiger partial charge in [-0.2, -0.15) is 0 Å². The normalized spacial score (nSPS) is 12.5. The van der Waals surface area contributed by atoms with E-state index < -0.39 is 0 Å². The first-order valence-corrected chi connectivity index (χ1v) is 12.0. The molecule has 0 radical (unpaired) electrons. The Kier molecular flexibility index (Phi) is 6.74. The summed E-state index contributed by atoms with van der Waals surface area (Å²) in [4.78, 5) is 17.6. The molecule has 0 aliphatic heterocycles. The molecule has 6 nitrogen and oxygen atoms in total. The number of aromatic nitrogens is 4. The van der Waals surface area contributed by atoms with Gasteiger partial charge in [0.05, 0.1) is 10.8 Å². The van der Waals surface area contributed by atoms with Gasteiger partial charge in [-0.05, 0) is 38.8 Å². The van der Waals surface area contributed by atoms with Gasteiger partial charge >= 0.3 is 0 Å². The second kappa shape index (κ2) is 9.69. The summed E-state index contributed by atoms with van der Waals surface area (Å²) in [7, 11) is 0. The van der Waals surface area contributed by atoms with Crippen LogP contribution >= 0.6 is 11.8 Å². The van der Waals surface area contributed by atoms with Crippen LogP contribution in [0.4, 0.5) is 0 Å². The molecule has 0 saturated carbocycles. The molecule has 0 saturated heterocycles. The lowest BCUT2D eigenvalue weighted by Gasteiger charge is -2.16. The van der Waals surface area contributed by atoms with E-state index in [1.165, 1.54) is 22.9 Å². The second-order valence-corrected chi connectivity index (χ2v) is 9.58. The van der Waals surface area contributed by atoms with Crippen LogP contribution in [0.15, 0.2) is 53.7 Å². The van der Waals surface area contributed by atoms with Crippen molar-refractivity contribution in [1.29, 1.82) is 0 Å². The number of hydrogen-bond donors (Lipinski definition) is 1. The largest absolute Gasteiger partial charge is 0.353 e. The standard InChI is InChI=1S/C25H29N5OS/c1-5-8-21(24(31)26-16(2)3)32-25-27-23-22(28-29-25)19-9-6-7-10-20(19)30(23)15-18-13-11-17(4)12-14-18/h6-7,9-14,16,21H,5,8,15H2,1-4H3,(H,26,31). The number of benzene rings is 2. The van der Waals surface area contributed by atoms with Crippen LogP contribution in [0.3, 0.4) is 0 Å². The molecule has 4 rings (SSSR count). The number of nitrogens with one attached hydrogen (secondary N) is 1. The Morgan fingerprint density at radius 2 is 1.84 bits per heavy atom. The van der Waals surface area contributed by atoms with Crippen LogP contribution in [-0.2, 0) is 11.3 Å². The fourth-order valence-corrected chi connectivity index (χ4v) is 4.80. The Labute approximate surface area is 192 Å². The molecule has 166 valence electrons. The number of aryl methyl sites for hydroxylation is 1. The molecule has 1 N–H and O–H groups in total. The molecule has 1 atom stereocenters. The van der Waals surface area contributed by atoms with E-state index in [1.807, 2.05) is 26.0 Å². The number of rotatable bonds is 8. The number of amides is 1. The van der Waals surface area contributed by atoms with Crippen molar-refractivity contribution in [3.05, 3.63) is 59.7 Å². The van der Waals surface area contributed by atoms with Crippen molar-refractivity contribution in [3.63, 3.8) is 0 Å². The lowest BCUT2D eigenvalue weighted by Crippen LogP contribution is -2.37. The highest BCUT2D eigenvalue weighted by Crippen LogP contribution is 2.30. The number of carbonyl (C=O) groups is 1. The van der Waals surface area contributed by atoms with Crippen molar-refractivity contribution in [2.24, 2.45) is 0 Å². The SMILES string of the molecule is CCCC(Sc1nnc2c3ccccc3n(Cc3ccc(C)cc3)c2n1)C(=O)NC(C)C. The average Bonchev–Trinajstić information content (AvgIpc) is 3.07. The smallest absolute Gasteiger partial charge is 0.233 e. The van der Waals surface area contributed by atoms with E-state index in [9.17, 15) is 4.79 Å². The molecule has 2 aromatic heterocycles. The third-order valence-electron chi connectivity index (χ3n) is 5.34. The number of para-hydroxylation sites is 1. The zero-order chi connectivity index (χ0) is 22.7.